The van der Waals surface area contributed by atoms with Crippen molar-refractivity contribution in [3.05, 3.63) is 59.5 Å². The molecule has 7 nitrogen and oxygen atoms in total. The van der Waals surface area contributed by atoms with Gasteiger partial charge in [-0.15, -0.1) is 5.10 Å². The van der Waals surface area contributed by atoms with Crippen molar-refractivity contribution in [2.24, 2.45) is 0 Å². The van der Waals surface area contributed by atoms with Crippen LogP contribution in [0.1, 0.15) is 23.4 Å². The van der Waals surface area contributed by atoms with E-state index < -0.39 is 17.7 Å². The van der Waals surface area contributed by atoms with Crippen LogP contribution in [0.25, 0.3) is 5.69 Å². The first-order chi connectivity index (χ1) is 14.2. The number of aliphatic carboxylic acids is 1. The Morgan fingerprint density at radius 3 is 2.63 bits per heavy atom. The second-order valence-electron chi connectivity index (χ2n) is 6.55. The van der Waals surface area contributed by atoms with Crippen molar-refractivity contribution in [1.29, 1.82) is 0 Å². The quantitative estimate of drug-likeness (QED) is 0.590. The average molecular weight is 420 g/mol. The summed E-state index contributed by atoms with van der Waals surface area (Å²) in [6, 6.07) is 8.36. The molecule has 0 fully saturated rings. The normalized spacial score (nSPS) is 11.4. The monoisotopic (exact) mass is 420 g/mol. The number of nitrogens with zero attached hydrogens (tertiary/aromatic N) is 3. The van der Waals surface area contributed by atoms with Gasteiger partial charge in [0.25, 0.3) is 0 Å². The molecular formula is C20H19F3N4O3. The summed E-state index contributed by atoms with van der Waals surface area (Å²) in [5.41, 5.74) is 1.27. The summed E-state index contributed by atoms with van der Waals surface area (Å²) in [7, 11) is 1.28. The molecule has 0 spiro atoms. The van der Waals surface area contributed by atoms with Crippen LogP contribution in [0.15, 0.2) is 42.6 Å². The van der Waals surface area contributed by atoms with E-state index in [1.807, 2.05) is 0 Å². The van der Waals surface area contributed by atoms with Crippen molar-refractivity contribution in [3.63, 3.8) is 0 Å². The first-order valence-electron chi connectivity index (χ1n) is 8.93. The lowest BCUT2D eigenvalue weighted by molar-refractivity contribution is -0.138. The maximum absolute atomic E-state index is 13.2. The number of anilines is 2. The molecule has 0 saturated carbocycles. The Kier molecular flexibility index (Phi) is 5.95. The van der Waals surface area contributed by atoms with Crippen molar-refractivity contribution >= 4 is 17.5 Å². The largest absolute Gasteiger partial charge is 0.497 e. The second-order valence-corrected chi connectivity index (χ2v) is 6.55. The van der Waals surface area contributed by atoms with Crippen LogP contribution in [-0.4, -0.2) is 33.0 Å². The standard InChI is InChI=1S/C20H19F3N4O3/c1-12-7-16(5-6-24-12)27-15(3-4-19(28)29)11-18(26-27)25-14-8-13(20(21,22)23)9-17(10-14)30-2/h5-11H,3-4H2,1-2H3,(H,25,26)(H,28,29). The van der Waals surface area contributed by atoms with E-state index in [1.165, 1.54) is 13.2 Å². The number of carbonyl (C=O) groups is 1. The third-order valence-corrected chi connectivity index (χ3v) is 4.24. The number of halogens is 3. The van der Waals surface area contributed by atoms with Gasteiger partial charge in [0.2, 0.25) is 0 Å². The third-order valence-electron chi connectivity index (χ3n) is 4.24. The first-order valence-corrected chi connectivity index (χ1v) is 8.93. The molecular weight excluding hydrogens is 401 g/mol. The molecule has 2 aromatic heterocycles. The smallest absolute Gasteiger partial charge is 0.416 e. The molecule has 10 heteroatoms. The number of nitrogens with one attached hydrogen (secondary N) is 1. The fourth-order valence-corrected chi connectivity index (χ4v) is 2.88. The maximum Gasteiger partial charge on any atom is 0.416 e. The molecule has 0 atom stereocenters. The number of rotatable bonds is 7. The van der Waals surface area contributed by atoms with Crippen LogP contribution >= 0.6 is 0 Å². The molecule has 0 radical (unpaired) electrons. The van der Waals surface area contributed by atoms with Gasteiger partial charge in [0.15, 0.2) is 5.82 Å². The van der Waals surface area contributed by atoms with E-state index in [-0.39, 0.29) is 30.1 Å². The zero-order valence-electron chi connectivity index (χ0n) is 16.2. The highest BCUT2D eigenvalue weighted by atomic mass is 19.4. The molecule has 1 aromatic carbocycles. The zero-order valence-corrected chi connectivity index (χ0v) is 16.2. The van der Waals surface area contributed by atoms with Crippen molar-refractivity contribution in [1.82, 2.24) is 14.8 Å². The number of benzene rings is 1. The van der Waals surface area contributed by atoms with E-state index in [9.17, 15) is 18.0 Å². The number of alkyl halides is 3. The number of hydrogen-bond acceptors (Lipinski definition) is 5. The Morgan fingerprint density at radius 1 is 1.23 bits per heavy atom. The van der Waals surface area contributed by atoms with Gasteiger partial charge in [-0.25, -0.2) is 4.68 Å². The molecule has 0 bridgehead atoms. The summed E-state index contributed by atoms with van der Waals surface area (Å²) >= 11 is 0. The van der Waals surface area contributed by atoms with Crippen molar-refractivity contribution < 1.29 is 27.8 Å². The number of methoxy groups -OCH3 is 1. The highest BCUT2D eigenvalue weighted by Crippen LogP contribution is 2.35. The summed E-state index contributed by atoms with van der Waals surface area (Å²) in [4.78, 5) is 15.1. The minimum Gasteiger partial charge on any atom is -0.497 e. The van der Waals surface area contributed by atoms with Gasteiger partial charge in [0, 0.05) is 41.8 Å². The highest BCUT2D eigenvalue weighted by molar-refractivity contribution is 5.67. The number of carboxylic acid groups (broad SMARTS) is 1. The van der Waals surface area contributed by atoms with Gasteiger partial charge in [-0.1, -0.05) is 0 Å². The molecule has 2 N–H and O–H groups in total. The van der Waals surface area contributed by atoms with Crippen molar-refractivity contribution in [2.45, 2.75) is 25.9 Å². The van der Waals surface area contributed by atoms with Gasteiger partial charge in [-0.2, -0.15) is 13.2 Å². The molecule has 0 aliphatic carbocycles. The van der Waals surface area contributed by atoms with E-state index in [1.54, 1.807) is 36.0 Å². The van der Waals surface area contributed by atoms with Gasteiger partial charge in [-0.05, 0) is 31.2 Å². The summed E-state index contributed by atoms with van der Waals surface area (Å²) in [6.07, 6.45) is -2.87. The number of ether oxygens (including phenoxy) is 1. The van der Waals surface area contributed by atoms with Crippen molar-refractivity contribution in [3.8, 4) is 11.4 Å². The number of pyridine rings is 1. The predicted molar refractivity (Wildman–Crippen MR) is 103 cm³/mol. The lowest BCUT2D eigenvalue weighted by Crippen LogP contribution is -2.07. The second kappa shape index (κ2) is 8.44. The Labute approximate surface area is 170 Å². The first kappa shape index (κ1) is 21.2. The number of aromatic nitrogens is 3. The summed E-state index contributed by atoms with van der Waals surface area (Å²) < 4.78 is 46.0. The zero-order chi connectivity index (χ0) is 21.9. The third kappa shape index (κ3) is 5.07. The highest BCUT2D eigenvalue weighted by Gasteiger charge is 2.31. The molecule has 0 aliphatic rings. The molecule has 0 aliphatic heterocycles. The van der Waals surface area contributed by atoms with Crippen LogP contribution in [0.2, 0.25) is 0 Å². The van der Waals surface area contributed by atoms with Crippen LogP contribution < -0.4 is 10.1 Å². The van der Waals surface area contributed by atoms with Crippen molar-refractivity contribution in [2.75, 3.05) is 12.4 Å². The van der Waals surface area contributed by atoms with Gasteiger partial charge in [0.1, 0.15) is 5.75 Å². The predicted octanol–water partition coefficient (Wildman–Crippen LogP) is 4.36. The van der Waals surface area contributed by atoms with Gasteiger partial charge in [-0.3, -0.25) is 9.78 Å². The molecule has 158 valence electrons. The topological polar surface area (TPSA) is 89.3 Å². The minimum atomic E-state index is -4.54. The number of carboxylic acids is 1. The molecule has 3 rings (SSSR count). The van der Waals surface area contributed by atoms with Gasteiger partial charge in [0.05, 0.1) is 24.8 Å². The molecule has 0 amide bonds. The Hall–Kier alpha value is -3.56. The molecule has 0 unspecified atom stereocenters. The molecule has 3 aromatic rings. The Balaban J connectivity index is 1.98. The number of hydrogen-bond donors (Lipinski definition) is 2. The van der Waals surface area contributed by atoms with Crippen LogP contribution in [0.4, 0.5) is 24.7 Å². The fraction of sp³-hybridized carbons (Fsp3) is 0.250. The molecule has 0 saturated heterocycles. The summed E-state index contributed by atoms with van der Waals surface area (Å²) in [5, 5.41) is 16.3. The molecule has 2 heterocycles. The van der Waals surface area contributed by atoms with E-state index in [0.717, 1.165) is 17.8 Å². The molecule has 30 heavy (non-hydrogen) atoms. The summed E-state index contributed by atoms with van der Waals surface area (Å²) in [6.45, 7) is 1.80. The fourth-order valence-electron chi connectivity index (χ4n) is 2.88. The Bertz CT molecular complexity index is 1060. The van der Waals surface area contributed by atoms with E-state index in [4.69, 9.17) is 9.84 Å². The van der Waals surface area contributed by atoms with Crippen LogP contribution in [-0.2, 0) is 17.4 Å². The lowest BCUT2D eigenvalue weighted by Gasteiger charge is -2.12. The van der Waals surface area contributed by atoms with Crippen LogP contribution in [0, 0.1) is 6.92 Å². The van der Waals surface area contributed by atoms with E-state index in [0.29, 0.717) is 11.4 Å². The Morgan fingerprint density at radius 2 is 2.00 bits per heavy atom. The van der Waals surface area contributed by atoms with E-state index >= 15 is 0 Å². The maximum atomic E-state index is 13.2. The minimum absolute atomic E-state index is 0.0441. The van der Waals surface area contributed by atoms with Crippen LogP contribution in [0.5, 0.6) is 5.75 Å². The lowest BCUT2D eigenvalue weighted by atomic mass is 10.1. The summed E-state index contributed by atoms with van der Waals surface area (Å²) in [5.74, 6) is -0.653. The van der Waals surface area contributed by atoms with Gasteiger partial charge >= 0.3 is 12.1 Å². The van der Waals surface area contributed by atoms with E-state index in [2.05, 4.69) is 15.4 Å². The SMILES string of the molecule is COc1cc(Nc2cc(CCC(=O)O)n(-c3ccnc(C)c3)n2)cc(C(F)(F)F)c1. The number of aryl methyl sites for hydroxylation is 2. The average Bonchev–Trinajstić information content (AvgIpc) is 3.08. The van der Waals surface area contributed by atoms with Gasteiger partial charge < -0.3 is 15.2 Å². The van der Waals surface area contributed by atoms with Crippen LogP contribution in [0.3, 0.4) is 0 Å².